The van der Waals surface area contributed by atoms with Gasteiger partial charge in [-0.2, -0.15) is 16.7 Å². The molecule has 0 aliphatic heterocycles. The van der Waals surface area contributed by atoms with E-state index in [1.54, 1.807) is 0 Å². The molecule has 6 aromatic rings. The van der Waals surface area contributed by atoms with Gasteiger partial charge in [0.25, 0.3) is 0 Å². The first-order valence-electron chi connectivity index (χ1n) is 18.2. The van der Waals surface area contributed by atoms with Crippen LogP contribution in [0.4, 0.5) is 0 Å². The Balaban J connectivity index is 0.00000448. The van der Waals surface area contributed by atoms with Crippen LogP contribution in [0.3, 0.4) is 0 Å². The van der Waals surface area contributed by atoms with E-state index in [1.165, 1.54) is 34.5 Å². The van der Waals surface area contributed by atoms with Gasteiger partial charge in [0.1, 0.15) is 5.82 Å². The van der Waals surface area contributed by atoms with Crippen molar-refractivity contribution in [2.24, 2.45) is 5.92 Å². The SMILES string of the molecule is CCc1cc(Oc2[c-]c3c(cc2)c2ccccc2n3-c2cc(C)ccn2)[c-]c(-n2nc(C(C)(C)C)c(C3C(C)=CCC[C@@H]3C)c2C(C)(C)C)c1.[Pt+2]. The van der Waals surface area contributed by atoms with Crippen LogP contribution in [0.15, 0.2) is 78.5 Å². The summed E-state index contributed by atoms with van der Waals surface area (Å²) in [6, 6.07) is 28.3. The molecule has 7 rings (SSSR count). The van der Waals surface area contributed by atoms with E-state index in [9.17, 15) is 0 Å². The van der Waals surface area contributed by atoms with Gasteiger partial charge in [0.05, 0.1) is 11.4 Å². The molecule has 3 aromatic carbocycles. The second-order valence-corrected chi connectivity index (χ2v) is 16.3. The number of pyridine rings is 1. The minimum Gasteiger partial charge on any atom is -0.509 e. The average Bonchev–Trinajstić information content (AvgIpc) is 3.62. The average molecular weight is 858 g/mol. The number of nitrogens with zero attached hydrogens (tertiary/aromatic N) is 4. The summed E-state index contributed by atoms with van der Waals surface area (Å²) in [7, 11) is 0. The number of hydrogen-bond acceptors (Lipinski definition) is 3. The molecule has 2 atom stereocenters. The number of hydrogen-bond donors (Lipinski definition) is 0. The van der Waals surface area contributed by atoms with Crippen LogP contribution in [-0.2, 0) is 38.3 Å². The molecule has 0 saturated heterocycles. The zero-order valence-corrected chi connectivity index (χ0v) is 34.0. The van der Waals surface area contributed by atoms with Crippen molar-refractivity contribution in [2.75, 3.05) is 0 Å². The number of fused-ring (bicyclic) bond motifs is 3. The minimum absolute atomic E-state index is 0. The smallest absolute Gasteiger partial charge is 0.509 e. The fourth-order valence-corrected chi connectivity index (χ4v) is 7.89. The molecule has 3 aromatic heterocycles. The van der Waals surface area contributed by atoms with Gasteiger partial charge in [0.15, 0.2) is 0 Å². The van der Waals surface area contributed by atoms with Crippen LogP contribution in [0.2, 0.25) is 0 Å². The molecule has 0 N–H and O–H groups in total. The summed E-state index contributed by atoms with van der Waals surface area (Å²) < 4.78 is 11.1. The zero-order valence-electron chi connectivity index (χ0n) is 31.7. The fraction of sp³-hybridized carbons (Fsp3) is 0.378. The van der Waals surface area contributed by atoms with E-state index in [-0.39, 0.29) is 31.9 Å². The maximum atomic E-state index is 6.69. The Hall–Kier alpha value is -3.95. The molecule has 0 amide bonds. The zero-order chi connectivity index (χ0) is 35.5. The molecule has 51 heavy (non-hydrogen) atoms. The van der Waals surface area contributed by atoms with E-state index in [0.29, 0.717) is 23.3 Å². The van der Waals surface area contributed by atoms with E-state index < -0.39 is 0 Å². The number of rotatable bonds is 6. The van der Waals surface area contributed by atoms with Crippen LogP contribution in [0.5, 0.6) is 11.5 Å². The first kappa shape index (κ1) is 36.8. The second kappa shape index (κ2) is 13.9. The molecule has 1 unspecified atom stereocenters. The topological polar surface area (TPSA) is 44.9 Å². The Labute approximate surface area is 318 Å². The molecular formula is C45H50N4OPt. The summed E-state index contributed by atoms with van der Waals surface area (Å²) in [5, 5.41) is 7.76. The fourth-order valence-electron chi connectivity index (χ4n) is 7.89. The predicted molar refractivity (Wildman–Crippen MR) is 206 cm³/mol. The third kappa shape index (κ3) is 6.87. The predicted octanol–water partition coefficient (Wildman–Crippen LogP) is 11.7. The molecule has 0 radical (unpaired) electrons. The van der Waals surface area contributed by atoms with E-state index in [1.807, 2.05) is 18.3 Å². The number of para-hydroxylation sites is 1. The summed E-state index contributed by atoms with van der Waals surface area (Å²) in [5.74, 6) is 3.03. The van der Waals surface area contributed by atoms with Crippen molar-refractivity contribution in [1.29, 1.82) is 0 Å². The van der Waals surface area contributed by atoms with Gasteiger partial charge >= 0.3 is 21.1 Å². The summed E-state index contributed by atoms with van der Waals surface area (Å²) >= 11 is 0. The van der Waals surface area contributed by atoms with Gasteiger partial charge in [0.2, 0.25) is 0 Å². The van der Waals surface area contributed by atoms with Gasteiger partial charge in [-0.05, 0) is 67.4 Å². The van der Waals surface area contributed by atoms with Crippen molar-refractivity contribution in [2.45, 2.75) is 105 Å². The monoisotopic (exact) mass is 857 g/mol. The van der Waals surface area contributed by atoms with Crippen molar-refractivity contribution >= 4 is 21.8 Å². The molecule has 6 heteroatoms. The molecule has 0 fully saturated rings. The molecule has 1 aliphatic rings. The van der Waals surface area contributed by atoms with Crippen molar-refractivity contribution in [3.8, 4) is 23.0 Å². The first-order chi connectivity index (χ1) is 23.7. The Kier molecular flexibility index (Phi) is 10.0. The summed E-state index contributed by atoms with van der Waals surface area (Å²) in [4.78, 5) is 4.74. The first-order valence-corrected chi connectivity index (χ1v) is 18.2. The van der Waals surface area contributed by atoms with Gasteiger partial charge in [-0.25, -0.2) is 4.98 Å². The van der Waals surface area contributed by atoms with Crippen molar-refractivity contribution in [1.82, 2.24) is 19.3 Å². The molecule has 266 valence electrons. The van der Waals surface area contributed by atoms with Crippen LogP contribution in [0.25, 0.3) is 33.3 Å². The maximum Gasteiger partial charge on any atom is 2.00 e. The summed E-state index contributed by atoms with van der Waals surface area (Å²) in [6.45, 7) is 22.8. The second-order valence-electron chi connectivity index (χ2n) is 16.3. The van der Waals surface area contributed by atoms with E-state index in [2.05, 4.69) is 145 Å². The van der Waals surface area contributed by atoms with Crippen LogP contribution in [0, 0.1) is 25.0 Å². The van der Waals surface area contributed by atoms with Gasteiger partial charge in [0, 0.05) is 45.5 Å². The minimum atomic E-state index is -0.156. The summed E-state index contributed by atoms with van der Waals surface area (Å²) in [6.07, 6.45) is 7.50. The molecule has 1 aliphatic carbocycles. The largest absolute Gasteiger partial charge is 2.00 e. The number of aryl methyl sites for hydroxylation is 2. The summed E-state index contributed by atoms with van der Waals surface area (Å²) in [5.41, 5.74) is 10.2. The van der Waals surface area contributed by atoms with Crippen molar-refractivity contribution < 1.29 is 25.8 Å². The normalized spacial score (nSPS) is 16.7. The van der Waals surface area contributed by atoms with Crippen LogP contribution in [0.1, 0.15) is 109 Å². The molecule has 0 spiro atoms. The number of benzene rings is 3. The third-order valence-corrected chi connectivity index (χ3v) is 10.2. The van der Waals surface area contributed by atoms with Crippen LogP contribution in [-0.4, -0.2) is 19.3 Å². The number of ether oxygens (including phenoxy) is 1. The molecule has 0 saturated carbocycles. The number of allylic oxidation sites excluding steroid dienone is 2. The molecule has 0 bridgehead atoms. The van der Waals surface area contributed by atoms with E-state index in [4.69, 9.17) is 14.8 Å². The maximum absolute atomic E-state index is 6.69. The Bertz CT molecular complexity index is 2260. The third-order valence-electron chi connectivity index (χ3n) is 10.2. The molecular weight excluding hydrogens is 808 g/mol. The molecule has 5 nitrogen and oxygen atoms in total. The van der Waals surface area contributed by atoms with Crippen molar-refractivity contribution in [3.05, 3.63) is 119 Å². The van der Waals surface area contributed by atoms with Gasteiger partial charge < -0.3 is 9.30 Å². The van der Waals surface area contributed by atoms with Crippen LogP contribution < -0.4 is 4.74 Å². The Morgan fingerprint density at radius 3 is 2.33 bits per heavy atom. The number of aromatic nitrogens is 4. The van der Waals surface area contributed by atoms with Gasteiger partial charge in [-0.15, -0.1) is 35.7 Å². The van der Waals surface area contributed by atoms with Gasteiger partial charge in [-0.1, -0.05) is 97.2 Å². The van der Waals surface area contributed by atoms with Crippen LogP contribution >= 0.6 is 0 Å². The molecule has 3 heterocycles. The quantitative estimate of drug-likeness (QED) is 0.124. The standard InChI is InChI=1S/C45H50N4O.Pt/c1-11-31-24-32(49-43(45(8,9)10)41(42(47-49)44(5,6)7)40-29(3)15-14-16-30(40)4)26-34(25-31)50-33-19-20-36-35-17-12-13-18-37(35)48(38(36)27-33)39-23-28(2)21-22-46-39;/h12-13,15,17-25,30,40H,11,14,16H2,1-10H3;/q-2;+2/t30-,40?;/m0./s1. The van der Waals surface area contributed by atoms with E-state index >= 15 is 0 Å². The van der Waals surface area contributed by atoms with Crippen molar-refractivity contribution in [3.63, 3.8) is 0 Å². The Morgan fingerprint density at radius 1 is 0.882 bits per heavy atom. The van der Waals surface area contributed by atoms with E-state index in [0.717, 1.165) is 51.7 Å². The van der Waals surface area contributed by atoms with Gasteiger partial charge in [-0.3, -0.25) is 4.68 Å². The Morgan fingerprint density at radius 2 is 1.65 bits per heavy atom.